The van der Waals surface area contributed by atoms with Crippen molar-refractivity contribution in [3.05, 3.63) is 75.3 Å². The minimum absolute atomic E-state index is 0.102. The number of amides is 1. The van der Waals surface area contributed by atoms with Crippen molar-refractivity contribution in [1.29, 1.82) is 0 Å². The zero-order valence-corrected chi connectivity index (χ0v) is 19.8. The summed E-state index contributed by atoms with van der Waals surface area (Å²) < 4.78 is 7.18. The SMILES string of the molecule is COc1ccc2[nH]c3c(=O)n(CCCC(=O)N4CC=C(c5ccccc5)CC4)c(=S)[nH]c3c2c1. The third-order valence-electron chi connectivity index (χ3n) is 6.42. The maximum atomic E-state index is 13.1. The van der Waals surface area contributed by atoms with Crippen LogP contribution in [0.25, 0.3) is 27.5 Å². The van der Waals surface area contributed by atoms with Gasteiger partial charge in [-0.3, -0.25) is 14.2 Å². The number of fused-ring (bicyclic) bond motifs is 3. The van der Waals surface area contributed by atoms with E-state index in [1.807, 2.05) is 41.3 Å². The summed E-state index contributed by atoms with van der Waals surface area (Å²) in [7, 11) is 1.61. The minimum atomic E-state index is -0.185. The van der Waals surface area contributed by atoms with Gasteiger partial charge in [-0.05, 0) is 54.4 Å². The monoisotopic (exact) mass is 474 g/mol. The van der Waals surface area contributed by atoms with E-state index in [4.69, 9.17) is 17.0 Å². The number of benzene rings is 2. The Bertz CT molecular complexity index is 1510. The van der Waals surface area contributed by atoms with E-state index in [-0.39, 0.29) is 11.5 Å². The van der Waals surface area contributed by atoms with E-state index in [1.54, 1.807) is 7.11 Å². The van der Waals surface area contributed by atoms with Crippen molar-refractivity contribution >= 4 is 45.6 Å². The summed E-state index contributed by atoms with van der Waals surface area (Å²) in [5.74, 6) is 0.809. The van der Waals surface area contributed by atoms with Crippen molar-refractivity contribution in [3.8, 4) is 5.75 Å². The summed E-state index contributed by atoms with van der Waals surface area (Å²) in [5, 5.41) is 0.855. The zero-order chi connectivity index (χ0) is 23.7. The molecule has 174 valence electrons. The van der Waals surface area contributed by atoms with Gasteiger partial charge >= 0.3 is 0 Å². The lowest BCUT2D eigenvalue weighted by atomic mass is 9.99. The quantitative estimate of drug-likeness (QED) is 0.399. The third kappa shape index (κ3) is 4.17. The van der Waals surface area contributed by atoms with Gasteiger partial charge in [-0.1, -0.05) is 36.4 Å². The fourth-order valence-corrected chi connectivity index (χ4v) is 4.83. The summed E-state index contributed by atoms with van der Waals surface area (Å²) in [5.41, 5.74) is 4.29. The molecule has 1 aliphatic rings. The second-order valence-corrected chi connectivity index (χ2v) is 8.85. The molecule has 3 heterocycles. The smallest absolute Gasteiger partial charge is 0.278 e. The number of ether oxygens (including phenoxy) is 1. The zero-order valence-electron chi connectivity index (χ0n) is 19.0. The standard InChI is InChI=1S/C26H26N4O3S/c1-33-19-9-10-21-20(16-19)23-24(27-21)25(32)30(26(34)28-23)13-5-8-22(31)29-14-11-18(12-15-29)17-6-3-2-4-7-17/h2-4,6-7,9-11,16,27H,5,8,12-15H2,1H3,(H,28,34). The van der Waals surface area contributed by atoms with Crippen LogP contribution in [0, 0.1) is 4.77 Å². The molecule has 2 N–H and O–H groups in total. The Morgan fingerprint density at radius 2 is 1.94 bits per heavy atom. The van der Waals surface area contributed by atoms with Crippen LogP contribution < -0.4 is 10.3 Å². The van der Waals surface area contributed by atoms with Crippen LogP contribution in [-0.4, -0.2) is 45.5 Å². The Hall–Kier alpha value is -3.65. The highest BCUT2D eigenvalue weighted by atomic mass is 32.1. The van der Waals surface area contributed by atoms with Gasteiger partial charge in [0, 0.05) is 37.0 Å². The first-order chi connectivity index (χ1) is 16.5. The van der Waals surface area contributed by atoms with Gasteiger partial charge in [-0.25, -0.2) is 0 Å². The second-order valence-electron chi connectivity index (χ2n) is 8.46. The largest absolute Gasteiger partial charge is 0.497 e. The van der Waals surface area contributed by atoms with Gasteiger partial charge in [0.25, 0.3) is 5.56 Å². The molecule has 2 aromatic carbocycles. The lowest BCUT2D eigenvalue weighted by Crippen LogP contribution is -2.34. The fourth-order valence-electron chi connectivity index (χ4n) is 4.55. The maximum absolute atomic E-state index is 13.1. The normalized spacial score (nSPS) is 13.9. The topological polar surface area (TPSA) is 83.1 Å². The van der Waals surface area contributed by atoms with Crippen molar-refractivity contribution in [2.45, 2.75) is 25.8 Å². The average Bonchev–Trinajstić information content (AvgIpc) is 3.24. The maximum Gasteiger partial charge on any atom is 0.278 e. The van der Waals surface area contributed by atoms with Gasteiger partial charge in [0.2, 0.25) is 5.91 Å². The van der Waals surface area contributed by atoms with Crippen LogP contribution in [0.15, 0.2) is 59.4 Å². The Balaban J connectivity index is 1.27. The number of hydrogen-bond donors (Lipinski definition) is 2. The Morgan fingerprint density at radius 3 is 2.68 bits per heavy atom. The number of methoxy groups -OCH3 is 1. The van der Waals surface area contributed by atoms with E-state index in [9.17, 15) is 9.59 Å². The van der Waals surface area contributed by atoms with E-state index in [1.165, 1.54) is 15.7 Å². The number of hydrogen-bond acceptors (Lipinski definition) is 4. The molecule has 0 bridgehead atoms. The number of nitrogens with zero attached hydrogens (tertiary/aromatic N) is 2. The predicted molar refractivity (Wildman–Crippen MR) is 137 cm³/mol. The number of aromatic nitrogens is 3. The van der Waals surface area contributed by atoms with Crippen molar-refractivity contribution in [1.82, 2.24) is 19.4 Å². The average molecular weight is 475 g/mol. The van der Waals surface area contributed by atoms with E-state index in [0.717, 1.165) is 17.3 Å². The van der Waals surface area contributed by atoms with Gasteiger partial charge in [-0.15, -0.1) is 0 Å². The molecule has 0 atom stereocenters. The molecular formula is C26H26N4O3S. The van der Waals surface area contributed by atoms with E-state index < -0.39 is 0 Å². The highest BCUT2D eigenvalue weighted by Crippen LogP contribution is 2.26. The van der Waals surface area contributed by atoms with Crippen LogP contribution in [-0.2, 0) is 11.3 Å². The van der Waals surface area contributed by atoms with Crippen molar-refractivity contribution in [2.75, 3.05) is 20.2 Å². The first kappa shape index (κ1) is 22.2. The molecule has 8 heteroatoms. The molecule has 0 saturated carbocycles. The summed E-state index contributed by atoms with van der Waals surface area (Å²) >= 11 is 5.48. The number of carbonyl (C=O) groups is 1. The summed E-state index contributed by atoms with van der Waals surface area (Å²) in [6.07, 6.45) is 3.90. The Labute approximate surface area is 201 Å². The van der Waals surface area contributed by atoms with Crippen LogP contribution in [0.2, 0.25) is 0 Å². The van der Waals surface area contributed by atoms with Crippen LogP contribution in [0.5, 0.6) is 5.75 Å². The number of aromatic amines is 2. The van der Waals surface area contributed by atoms with Gasteiger partial charge < -0.3 is 19.6 Å². The third-order valence-corrected chi connectivity index (χ3v) is 6.74. The molecule has 1 aliphatic heterocycles. The van der Waals surface area contributed by atoms with Crippen LogP contribution in [0.3, 0.4) is 0 Å². The van der Waals surface area contributed by atoms with E-state index in [2.05, 4.69) is 28.2 Å². The van der Waals surface area contributed by atoms with Gasteiger partial charge in [-0.2, -0.15) is 0 Å². The molecule has 0 saturated heterocycles. The Kier molecular flexibility index (Phi) is 6.06. The molecule has 34 heavy (non-hydrogen) atoms. The Morgan fingerprint density at radius 1 is 1.12 bits per heavy atom. The molecule has 1 amide bonds. The van der Waals surface area contributed by atoms with Crippen molar-refractivity contribution < 1.29 is 9.53 Å². The number of rotatable bonds is 6. The van der Waals surface area contributed by atoms with Crippen LogP contribution in [0.1, 0.15) is 24.8 Å². The molecule has 0 spiro atoms. The van der Waals surface area contributed by atoms with Gasteiger partial charge in [0.05, 0.1) is 12.6 Å². The lowest BCUT2D eigenvalue weighted by molar-refractivity contribution is -0.130. The lowest BCUT2D eigenvalue weighted by Gasteiger charge is -2.27. The molecule has 0 fully saturated rings. The highest BCUT2D eigenvalue weighted by Gasteiger charge is 2.18. The predicted octanol–water partition coefficient (Wildman–Crippen LogP) is 4.65. The molecule has 7 nitrogen and oxygen atoms in total. The van der Waals surface area contributed by atoms with Crippen LogP contribution in [0.4, 0.5) is 0 Å². The highest BCUT2D eigenvalue weighted by molar-refractivity contribution is 7.71. The minimum Gasteiger partial charge on any atom is -0.497 e. The van der Waals surface area contributed by atoms with Crippen molar-refractivity contribution in [2.24, 2.45) is 0 Å². The summed E-state index contributed by atoms with van der Waals surface area (Å²) in [6.45, 7) is 1.71. The molecule has 5 rings (SSSR count). The first-order valence-electron chi connectivity index (χ1n) is 11.4. The molecular weight excluding hydrogens is 448 g/mol. The molecule has 0 aliphatic carbocycles. The van der Waals surface area contributed by atoms with E-state index >= 15 is 0 Å². The second kappa shape index (κ2) is 9.30. The van der Waals surface area contributed by atoms with Gasteiger partial charge in [0.1, 0.15) is 11.3 Å². The molecule has 0 unspecified atom stereocenters. The molecule has 2 aromatic heterocycles. The summed E-state index contributed by atoms with van der Waals surface area (Å²) in [6, 6.07) is 15.9. The van der Waals surface area contributed by atoms with Gasteiger partial charge in [0.15, 0.2) is 4.77 Å². The van der Waals surface area contributed by atoms with Crippen molar-refractivity contribution in [3.63, 3.8) is 0 Å². The van der Waals surface area contributed by atoms with Crippen LogP contribution >= 0.6 is 12.2 Å². The number of H-pyrrole nitrogens is 2. The summed E-state index contributed by atoms with van der Waals surface area (Å²) in [4.78, 5) is 34.1. The molecule has 4 aromatic rings. The number of nitrogens with one attached hydrogen (secondary N) is 2. The number of carbonyl (C=O) groups excluding carboxylic acids is 1. The molecule has 0 radical (unpaired) electrons. The fraction of sp³-hybridized carbons (Fsp3) is 0.269. The first-order valence-corrected chi connectivity index (χ1v) is 11.8. The van der Waals surface area contributed by atoms with E-state index in [0.29, 0.717) is 54.0 Å².